The number of hydrogen-bond acceptors (Lipinski definition) is 12. The zero-order valence-corrected chi connectivity index (χ0v) is 35.7. The summed E-state index contributed by atoms with van der Waals surface area (Å²) >= 11 is 13.9. The molecule has 4 aromatic rings. The Morgan fingerprint density at radius 1 is 0.870 bits per heavy atom. The summed E-state index contributed by atoms with van der Waals surface area (Å²) in [6, 6.07) is 8.82. The SMILES string of the molecule is CCOC(=O)c1cc(Cl)c(Cl)c(-c2cc(C)no2)c1C.CCOC(=O)c1ccc(SC)c(-c2cc(C)no2)c1C.O=CO[O-].[H-].[K+].[K+]. The molecule has 2 aromatic carbocycles. The summed E-state index contributed by atoms with van der Waals surface area (Å²) < 4.78 is 20.7. The van der Waals surface area contributed by atoms with Crippen molar-refractivity contribution >= 4 is 53.4 Å². The molecule has 46 heavy (non-hydrogen) atoms. The predicted molar refractivity (Wildman–Crippen MR) is 165 cm³/mol. The van der Waals surface area contributed by atoms with Crippen molar-refractivity contribution in [1.82, 2.24) is 10.3 Å². The molecule has 0 atom stereocenters. The van der Waals surface area contributed by atoms with E-state index in [0.717, 1.165) is 21.7 Å². The smallest absolute Gasteiger partial charge is 1.00 e. The Hall–Kier alpha value is -0.567. The molecule has 0 bridgehead atoms. The van der Waals surface area contributed by atoms with Gasteiger partial charge in [0, 0.05) is 28.2 Å². The fourth-order valence-corrected chi connectivity index (χ4v) is 5.14. The number of benzene rings is 2. The molecule has 0 spiro atoms. The first-order valence-electron chi connectivity index (χ1n) is 13.0. The first-order valence-corrected chi connectivity index (χ1v) is 15.0. The van der Waals surface area contributed by atoms with Gasteiger partial charge in [-0.25, -0.2) is 9.59 Å². The number of aromatic nitrogens is 2. The molecular formula is C30H32Cl2K2N2O9S. The second kappa shape index (κ2) is 23.0. The normalized spacial score (nSPS) is 9.70. The molecule has 0 amide bonds. The molecule has 0 saturated heterocycles. The number of thioether (sulfide) groups is 1. The van der Waals surface area contributed by atoms with Crippen LogP contribution in [0.3, 0.4) is 0 Å². The molecule has 0 aliphatic rings. The number of halogens is 2. The van der Waals surface area contributed by atoms with E-state index in [9.17, 15) is 9.59 Å². The van der Waals surface area contributed by atoms with Gasteiger partial charge in [0.15, 0.2) is 11.5 Å². The van der Waals surface area contributed by atoms with E-state index in [2.05, 4.69) is 15.2 Å². The Morgan fingerprint density at radius 3 is 1.74 bits per heavy atom. The van der Waals surface area contributed by atoms with E-state index in [-0.39, 0.29) is 128 Å². The van der Waals surface area contributed by atoms with Gasteiger partial charge in [-0.2, -0.15) is 0 Å². The summed E-state index contributed by atoms with van der Waals surface area (Å²) in [5.41, 5.74) is 5.42. The van der Waals surface area contributed by atoms with Crippen LogP contribution >= 0.6 is 35.0 Å². The van der Waals surface area contributed by atoms with Crippen molar-refractivity contribution in [3.05, 3.63) is 74.0 Å². The molecule has 0 N–H and O–H groups in total. The van der Waals surface area contributed by atoms with Crippen molar-refractivity contribution in [2.75, 3.05) is 19.5 Å². The van der Waals surface area contributed by atoms with Gasteiger partial charge in [0.1, 0.15) is 0 Å². The second-order valence-electron chi connectivity index (χ2n) is 8.83. The summed E-state index contributed by atoms with van der Waals surface area (Å²) in [5.74, 6) is 0.393. The molecule has 2 heterocycles. The third-order valence-corrected chi connectivity index (χ3v) is 7.47. The van der Waals surface area contributed by atoms with Crippen molar-refractivity contribution in [2.24, 2.45) is 0 Å². The Kier molecular flexibility index (Phi) is 22.7. The third kappa shape index (κ3) is 12.4. The Labute approximate surface area is 368 Å². The van der Waals surface area contributed by atoms with Gasteiger partial charge < -0.3 is 30.1 Å². The van der Waals surface area contributed by atoms with E-state index < -0.39 is 5.97 Å². The van der Waals surface area contributed by atoms with E-state index in [1.165, 1.54) is 6.07 Å². The number of esters is 2. The van der Waals surface area contributed by atoms with Crippen molar-refractivity contribution in [3.8, 4) is 22.6 Å². The van der Waals surface area contributed by atoms with Gasteiger partial charge in [-0.05, 0) is 77.1 Å². The van der Waals surface area contributed by atoms with Crippen molar-refractivity contribution < 1.29 is 147 Å². The van der Waals surface area contributed by atoms with Gasteiger partial charge in [-0.15, -0.1) is 11.8 Å². The van der Waals surface area contributed by atoms with Crippen molar-refractivity contribution in [3.63, 3.8) is 0 Å². The van der Waals surface area contributed by atoms with Gasteiger partial charge >= 0.3 is 115 Å². The van der Waals surface area contributed by atoms with Crippen LogP contribution in [0.1, 0.15) is 58.5 Å². The monoisotopic (exact) mass is 744 g/mol. The second-order valence-corrected chi connectivity index (χ2v) is 10.5. The summed E-state index contributed by atoms with van der Waals surface area (Å²) in [5, 5.41) is 16.8. The van der Waals surface area contributed by atoms with Crippen LogP contribution < -0.4 is 108 Å². The number of nitrogens with zero attached hydrogens (tertiary/aromatic N) is 2. The van der Waals surface area contributed by atoms with E-state index >= 15 is 0 Å². The zero-order chi connectivity index (χ0) is 33.0. The van der Waals surface area contributed by atoms with E-state index in [4.69, 9.17) is 51.8 Å². The van der Waals surface area contributed by atoms with Gasteiger partial charge in [0.05, 0.1) is 45.8 Å². The van der Waals surface area contributed by atoms with Crippen LogP contribution in [-0.4, -0.2) is 48.2 Å². The van der Waals surface area contributed by atoms with Gasteiger partial charge in [-0.1, -0.05) is 33.5 Å². The van der Waals surface area contributed by atoms with E-state index in [1.807, 2.05) is 32.2 Å². The summed E-state index contributed by atoms with van der Waals surface area (Å²) in [6.45, 7) is 11.3. The summed E-state index contributed by atoms with van der Waals surface area (Å²) in [6.07, 6.45) is 1.99. The van der Waals surface area contributed by atoms with Crippen LogP contribution in [0.25, 0.3) is 22.6 Å². The van der Waals surface area contributed by atoms with Crippen LogP contribution in [-0.2, 0) is 19.2 Å². The van der Waals surface area contributed by atoms with Crippen LogP contribution in [0.15, 0.2) is 44.3 Å². The van der Waals surface area contributed by atoms with Crippen LogP contribution in [0, 0.1) is 27.7 Å². The average molecular weight is 746 g/mol. The maximum absolute atomic E-state index is 12.0. The standard InChI is InChI=1S/C15H17NO3S.C14H13Cl2NO3.CH2O3.2K.H/c1-5-18-15(17)11-6-7-13(20-4)14(10(11)3)12-8-9(2)16-19-12;1-4-19-14(18)9-6-10(15)13(16)12(8(9)3)11-5-7(2)17-20-11;2-1-4-3;;;/h6-8H,5H2,1-4H3;5-6H,4H2,1-3H3;1,3H;;;/q;;;2*+1;-1/p-1. The van der Waals surface area contributed by atoms with Crippen LogP contribution in [0.4, 0.5) is 0 Å². The number of rotatable bonds is 8. The molecule has 0 radical (unpaired) electrons. The largest absolute Gasteiger partial charge is 1.00 e. The fourth-order valence-electron chi connectivity index (χ4n) is 3.99. The molecule has 0 saturated carbocycles. The third-order valence-electron chi connectivity index (χ3n) is 5.90. The number of ether oxygens (including phenoxy) is 2. The zero-order valence-electron chi connectivity index (χ0n) is 28.1. The first-order chi connectivity index (χ1) is 20.9. The summed E-state index contributed by atoms with van der Waals surface area (Å²) in [7, 11) is 0. The Balaban J connectivity index is 0. The number of carbonyl (C=O) groups excluding carboxylic acids is 3. The number of hydrogen-bond donors (Lipinski definition) is 0. The maximum Gasteiger partial charge on any atom is 1.00 e. The van der Waals surface area contributed by atoms with E-state index in [0.29, 0.717) is 51.1 Å². The summed E-state index contributed by atoms with van der Waals surface area (Å²) in [4.78, 5) is 36.2. The average Bonchev–Trinajstić information content (AvgIpc) is 3.63. The topological polar surface area (TPSA) is 154 Å². The fraction of sp³-hybridized carbons (Fsp3) is 0.300. The van der Waals surface area contributed by atoms with Gasteiger partial charge in [0.25, 0.3) is 6.47 Å². The molecule has 11 nitrogen and oxygen atoms in total. The minimum absolute atomic E-state index is 0. The molecule has 0 aliphatic heterocycles. The quantitative estimate of drug-likeness (QED) is 0.0628. The molecule has 238 valence electrons. The number of carbonyl (C=O) groups is 3. The molecule has 16 heteroatoms. The number of aryl methyl sites for hydroxylation is 2. The molecule has 2 aromatic heterocycles. The maximum atomic E-state index is 12.0. The molecule has 0 aliphatic carbocycles. The van der Waals surface area contributed by atoms with Crippen molar-refractivity contribution in [1.29, 1.82) is 0 Å². The predicted octanol–water partition coefficient (Wildman–Crippen LogP) is 0.854. The molecular weight excluding hydrogens is 714 g/mol. The van der Waals surface area contributed by atoms with Crippen molar-refractivity contribution in [2.45, 2.75) is 46.4 Å². The molecule has 4 rings (SSSR count). The van der Waals surface area contributed by atoms with Gasteiger partial charge in [-0.3, -0.25) is 4.79 Å². The van der Waals surface area contributed by atoms with Gasteiger partial charge in [0.2, 0.25) is 0 Å². The Morgan fingerprint density at radius 2 is 1.33 bits per heavy atom. The van der Waals surface area contributed by atoms with E-state index in [1.54, 1.807) is 51.6 Å². The van der Waals surface area contributed by atoms with Crippen LogP contribution in [0.2, 0.25) is 10.0 Å². The first kappa shape index (κ1) is 45.4. The molecule has 0 fully saturated rings. The Bertz CT molecular complexity index is 1620. The minimum Gasteiger partial charge on any atom is -1.00 e. The van der Waals surface area contributed by atoms with Crippen LogP contribution in [0.5, 0.6) is 0 Å². The minimum atomic E-state index is -0.443. The molecule has 0 unspecified atom stereocenters.